The molecule has 4 aromatic rings. The molecule has 3 heterocycles. The molecular weight excluding hydrogens is 460 g/mol. The number of hydrogen-bond donors (Lipinski definition) is 0. The van der Waals surface area contributed by atoms with Crippen molar-refractivity contribution in [1.29, 1.82) is 0 Å². The first kappa shape index (κ1) is 21.3. The Morgan fingerprint density at radius 3 is 1.22 bits per heavy atom. The molecule has 0 fully saturated rings. The van der Waals surface area contributed by atoms with Gasteiger partial charge in [-0.25, -0.2) is 19.6 Å². The van der Waals surface area contributed by atoms with E-state index in [0.717, 1.165) is 0 Å². The van der Waals surface area contributed by atoms with Crippen LogP contribution in [0.3, 0.4) is 0 Å². The van der Waals surface area contributed by atoms with Crippen LogP contribution in [0.4, 0.5) is 0 Å². The summed E-state index contributed by atoms with van der Waals surface area (Å²) in [5.74, 6) is -4.02. The maximum atomic E-state index is 13.1. The lowest BCUT2D eigenvalue weighted by atomic mass is 9.95. The third-order valence-corrected chi connectivity index (χ3v) is 5.78. The third kappa shape index (κ3) is 3.32. The van der Waals surface area contributed by atoms with Crippen molar-refractivity contribution < 1.29 is 28.7 Å². The van der Waals surface area contributed by atoms with Crippen LogP contribution in [0.15, 0.2) is 84.9 Å². The minimum Gasteiger partial charge on any atom is -0.419 e. The average molecular weight is 474 g/mol. The summed E-state index contributed by atoms with van der Waals surface area (Å²) >= 11 is 0. The van der Waals surface area contributed by atoms with Gasteiger partial charge in [0.05, 0.1) is 11.0 Å². The number of ether oxygens (including phenoxy) is 2. The van der Waals surface area contributed by atoms with E-state index < -0.39 is 23.5 Å². The van der Waals surface area contributed by atoms with E-state index in [1.165, 1.54) is 0 Å². The number of para-hydroxylation sites is 2. The molecule has 0 spiro atoms. The summed E-state index contributed by atoms with van der Waals surface area (Å²) in [7, 11) is 0. The summed E-state index contributed by atoms with van der Waals surface area (Å²) in [6.45, 7) is 0. The number of carbonyl (C=O) groups excluding carboxylic acids is 4. The van der Waals surface area contributed by atoms with Crippen LogP contribution in [-0.4, -0.2) is 33.5 Å². The summed E-state index contributed by atoms with van der Waals surface area (Å²) in [4.78, 5) is 60.3. The van der Waals surface area contributed by atoms with Gasteiger partial charge in [-0.1, -0.05) is 72.8 Å². The highest BCUT2D eigenvalue weighted by Gasteiger charge is 2.43. The van der Waals surface area contributed by atoms with Gasteiger partial charge in [0.25, 0.3) is 11.6 Å². The van der Waals surface area contributed by atoms with Crippen molar-refractivity contribution >= 4 is 57.2 Å². The quantitative estimate of drug-likeness (QED) is 0.326. The first-order valence-corrected chi connectivity index (χ1v) is 10.9. The summed E-state index contributed by atoms with van der Waals surface area (Å²) in [6.07, 6.45) is 0. The van der Waals surface area contributed by atoms with E-state index in [2.05, 4.69) is 9.97 Å². The van der Waals surface area contributed by atoms with Gasteiger partial charge >= 0.3 is 11.9 Å². The zero-order chi connectivity index (χ0) is 24.8. The standard InChI is InChI=1S/C28H14N2O6/c31-23-19(25(35-27(23)33)15-9-3-1-4-10-15)21-22(30-18-14-8-7-13-17(18)29-21)20-24(32)28(34)36-26(20)16-11-5-2-6-12-16/h1-14H. The number of carbonyl (C=O) groups is 4. The minimum absolute atomic E-state index is 0.00372. The second kappa shape index (κ2) is 8.21. The second-order valence-electron chi connectivity index (χ2n) is 7.99. The molecule has 6 rings (SSSR count). The molecule has 8 nitrogen and oxygen atoms in total. The predicted octanol–water partition coefficient (Wildman–Crippen LogP) is 3.62. The Morgan fingerprint density at radius 2 is 0.833 bits per heavy atom. The van der Waals surface area contributed by atoms with Crippen molar-refractivity contribution in [2.24, 2.45) is 0 Å². The summed E-state index contributed by atoms with van der Waals surface area (Å²) in [6, 6.07) is 24.0. The van der Waals surface area contributed by atoms with Gasteiger partial charge in [-0.15, -0.1) is 0 Å². The maximum absolute atomic E-state index is 13.1. The molecule has 0 radical (unpaired) electrons. The number of nitrogens with zero attached hydrogens (tertiary/aromatic N) is 2. The molecule has 0 bridgehead atoms. The highest BCUT2D eigenvalue weighted by atomic mass is 16.6. The van der Waals surface area contributed by atoms with Gasteiger partial charge in [0.1, 0.15) is 22.5 Å². The van der Waals surface area contributed by atoms with E-state index in [9.17, 15) is 19.2 Å². The van der Waals surface area contributed by atoms with Crippen LogP contribution in [0, 0.1) is 0 Å². The Morgan fingerprint density at radius 1 is 0.472 bits per heavy atom. The second-order valence-corrected chi connectivity index (χ2v) is 7.99. The van der Waals surface area contributed by atoms with Crippen LogP contribution in [-0.2, 0) is 28.7 Å². The number of benzene rings is 3. The lowest BCUT2D eigenvalue weighted by molar-refractivity contribution is -0.144. The Bertz CT molecular complexity index is 1560. The number of cyclic esters (lactones) is 2. The van der Waals surface area contributed by atoms with Crippen LogP contribution < -0.4 is 0 Å². The fourth-order valence-electron chi connectivity index (χ4n) is 4.15. The first-order valence-electron chi connectivity index (χ1n) is 10.9. The molecule has 0 N–H and O–H groups in total. The molecule has 1 aromatic heterocycles. The highest BCUT2D eigenvalue weighted by Crippen LogP contribution is 2.40. The van der Waals surface area contributed by atoms with Gasteiger partial charge in [-0.05, 0) is 12.1 Å². The number of ketones is 2. The summed E-state index contributed by atoms with van der Waals surface area (Å²) in [5, 5.41) is 0. The molecule has 2 aliphatic heterocycles. The lowest BCUT2D eigenvalue weighted by Crippen LogP contribution is -2.15. The number of Topliss-reactive ketones (excluding diaryl/α,β-unsaturated/α-hetero) is 2. The Balaban J connectivity index is 1.71. The number of hydrogen-bond acceptors (Lipinski definition) is 8. The fraction of sp³-hybridized carbons (Fsp3) is 0. The molecule has 0 atom stereocenters. The van der Waals surface area contributed by atoms with E-state index in [1.54, 1.807) is 84.9 Å². The van der Waals surface area contributed by atoms with Gasteiger partial charge < -0.3 is 9.47 Å². The molecule has 36 heavy (non-hydrogen) atoms. The number of fused-ring (bicyclic) bond motifs is 1. The smallest absolute Gasteiger partial charge is 0.385 e. The molecule has 172 valence electrons. The van der Waals surface area contributed by atoms with E-state index in [0.29, 0.717) is 22.2 Å². The Labute approximate surface area is 203 Å². The van der Waals surface area contributed by atoms with Crippen molar-refractivity contribution in [3.63, 3.8) is 0 Å². The number of aromatic nitrogens is 2. The first-order chi connectivity index (χ1) is 17.5. The zero-order valence-electron chi connectivity index (χ0n) is 18.4. The average Bonchev–Trinajstić information content (AvgIpc) is 3.38. The molecule has 0 saturated heterocycles. The van der Waals surface area contributed by atoms with Gasteiger partial charge in [0.2, 0.25) is 0 Å². The van der Waals surface area contributed by atoms with Gasteiger partial charge in [0.15, 0.2) is 11.5 Å². The molecule has 0 aliphatic carbocycles. The Hall–Kier alpha value is -5.24. The van der Waals surface area contributed by atoms with Gasteiger partial charge in [0, 0.05) is 11.1 Å². The van der Waals surface area contributed by atoms with E-state index in [4.69, 9.17) is 9.47 Å². The number of rotatable bonds is 4. The van der Waals surface area contributed by atoms with Crippen molar-refractivity contribution in [1.82, 2.24) is 9.97 Å². The van der Waals surface area contributed by atoms with E-state index >= 15 is 0 Å². The summed E-state index contributed by atoms with van der Waals surface area (Å²) < 4.78 is 10.7. The molecule has 0 amide bonds. The Kier molecular flexibility index (Phi) is 4.86. The van der Waals surface area contributed by atoms with E-state index in [1.807, 2.05) is 0 Å². The van der Waals surface area contributed by atoms with Gasteiger partial charge in [-0.3, -0.25) is 9.59 Å². The molecule has 0 unspecified atom stereocenters. The predicted molar refractivity (Wildman–Crippen MR) is 128 cm³/mol. The monoisotopic (exact) mass is 474 g/mol. The van der Waals surface area contributed by atoms with Crippen molar-refractivity contribution in [3.05, 3.63) is 107 Å². The molecule has 0 saturated carbocycles. The molecule has 3 aromatic carbocycles. The van der Waals surface area contributed by atoms with Crippen LogP contribution in [0.1, 0.15) is 22.5 Å². The molecule has 2 aliphatic rings. The molecular formula is C28H14N2O6. The summed E-state index contributed by atoms with van der Waals surface area (Å²) in [5.41, 5.74) is 1.37. The number of esters is 2. The SMILES string of the molecule is O=C1OC(c2ccccc2)=C(c2nc3ccccc3nc2C2=C(c3ccccc3)OC(=O)C2=O)C1=O. The molecule has 8 heteroatoms. The van der Waals surface area contributed by atoms with Crippen LogP contribution in [0.25, 0.3) is 33.7 Å². The third-order valence-electron chi connectivity index (χ3n) is 5.78. The van der Waals surface area contributed by atoms with Crippen LogP contribution in [0.5, 0.6) is 0 Å². The van der Waals surface area contributed by atoms with Gasteiger partial charge in [-0.2, -0.15) is 0 Å². The van der Waals surface area contributed by atoms with Crippen molar-refractivity contribution in [3.8, 4) is 0 Å². The lowest BCUT2D eigenvalue weighted by Gasteiger charge is -2.11. The largest absolute Gasteiger partial charge is 0.419 e. The minimum atomic E-state index is -1.08. The maximum Gasteiger partial charge on any atom is 0.385 e. The normalized spacial score (nSPS) is 15.7. The van der Waals surface area contributed by atoms with E-state index in [-0.39, 0.29) is 34.1 Å². The van der Waals surface area contributed by atoms with Crippen molar-refractivity contribution in [2.45, 2.75) is 0 Å². The highest BCUT2D eigenvalue weighted by molar-refractivity contribution is 6.60. The van der Waals surface area contributed by atoms with Crippen LogP contribution in [0.2, 0.25) is 0 Å². The van der Waals surface area contributed by atoms with Crippen LogP contribution >= 0.6 is 0 Å². The zero-order valence-corrected chi connectivity index (χ0v) is 18.4. The topological polar surface area (TPSA) is 113 Å². The van der Waals surface area contributed by atoms with Crippen molar-refractivity contribution in [2.75, 3.05) is 0 Å². The fourth-order valence-corrected chi connectivity index (χ4v) is 4.15.